The lowest BCUT2D eigenvalue weighted by molar-refractivity contribution is -0.132. The topological polar surface area (TPSA) is 81.3 Å². The van der Waals surface area contributed by atoms with Crippen LogP contribution in [0.1, 0.15) is 19.4 Å². The molecule has 1 rings (SSSR count). The Kier molecular flexibility index (Phi) is 2.85. The van der Waals surface area contributed by atoms with Crippen LogP contribution in [0.2, 0.25) is 0 Å². The van der Waals surface area contributed by atoms with Crippen molar-refractivity contribution in [2.24, 2.45) is 0 Å². The van der Waals surface area contributed by atoms with Crippen molar-refractivity contribution in [3.8, 4) is 11.8 Å². The highest BCUT2D eigenvalue weighted by atomic mass is 16.6. The Balaban J connectivity index is 2.85. The van der Waals surface area contributed by atoms with Crippen molar-refractivity contribution in [3.05, 3.63) is 5.56 Å². The Morgan fingerprint density at radius 1 is 1.21 bits per heavy atom. The third-order valence-electron chi connectivity index (χ3n) is 1.41. The summed E-state index contributed by atoms with van der Waals surface area (Å²) in [5.41, 5.74) is 0.482. The average Bonchev–Trinajstić information content (AvgIpc) is 2.34. The first-order valence-electron chi connectivity index (χ1n) is 3.92. The molecule has 0 aliphatic heterocycles. The van der Waals surface area contributed by atoms with Crippen molar-refractivity contribution in [3.63, 3.8) is 0 Å². The molecule has 0 fully saturated rings. The molecule has 0 spiro atoms. The summed E-state index contributed by atoms with van der Waals surface area (Å²) in [4.78, 5) is 21.2. The van der Waals surface area contributed by atoms with Crippen molar-refractivity contribution in [1.29, 1.82) is 0 Å². The second kappa shape index (κ2) is 3.91. The standard InChI is InChI=1S/C8H10N2O4/c1-4-7(13-5(2)11)9-10-8(4)14-6(3)12/h1-3H3,(H,9,10). The first kappa shape index (κ1) is 10.2. The number of carbonyl (C=O) groups is 2. The number of H-pyrrole nitrogens is 1. The van der Waals surface area contributed by atoms with Gasteiger partial charge in [-0.15, -0.1) is 5.10 Å². The van der Waals surface area contributed by atoms with Gasteiger partial charge in [0.1, 0.15) is 0 Å². The number of hydrogen-bond acceptors (Lipinski definition) is 5. The lowest BCUT2D eigenvalue weighted by Crippen LogP contribution is -2.04. The number of rotatable bonds is 2. The maximum Gasteiger partial charge on any atom is 0.309 e. The van der Waals surface area contributed by atoms with Crippen LogP contribution in [-0.2, 0) is 9.59 Å². The lowest BCUT2D eigenvalue weighted by atomic mass is 10.4. The van der Waals surface area contributed by atoms with Crippen LogP contribution in [0, 0.1) is 6.92 Å². The molecule has 0 aliphatic carbocycles. The normalized spacial score (nSPS) is 9.64. The third-order valence-corrected chi connectivity index (χ3v) is 1.41. The van der Waals surface area contributed by atoms with Crippen molar-refractivity contribution in [2.75, 3.05) is 0 Å². The molecule has 0 saturated heterocycles. The fourth-order valence-corrected chi connectivity index (χ4v) is 0.845. The van der Waals surface area contributed by atoms with E-state index in [-0.39, 0.29) is 11.8 Å². The van der Waals surface area contributed by atoms with Crippen molar-refractivity contribution >= 4 is 11.9 Å². The van der Waals surface area contributed by atoms with Gasteiger partial charge in [0.15, 0.2) is 0 Å². The highest BCUT2D eigenvalue weighted by Crippen LogP contribution is 2.23. The van der Waals surface area contributed by atoms with Gasteiger partial charge >= 0.3 is 11.9 Å². The second-order valence-electron chi connectivity index (χ2n) is 2.67. The fraction of sp³-hybridized carbons (Fsp3) is 0.375. The maximum absolute atomic E-state index is 10.6. The first-order chi connectivity index (χ1) is 6.50. The van der Waals surface area contributed by atoms with Gasteiger partial charge in [0.05, 0.1) is 5.56 Å². The molecule has 1 N–H and O–H groups in total. The molecule has 0 atom stereocenters. The molecule has 1 heterocycles. The molecule has 0 bridgehead atoms. The summed E-state index contributed by atoms with van der Waals surface area (Å²) in [5, 5.41) is 6.10. The van der Waals surface area contributed by atoms with Crippen LogP contribution < -0.4 is 9.47 Å². The van der Waals surface area contributed by atoms with Gasteiger partial charge in [-0.1, -0.05) is 0 Å². The highest BCUT2D eigenvalue weighted by Gasteiger charge is 2.14. The third kappa shape index (κ3) is 2.32. The number of nitrogens with one attached hydrogen (secondary N) is 1. The Hall–Kier alpha value is -1.85. The van der Waals surface area contributed by atoms with E-state index in [9.17, 15) is 9.59 Å². The molecule has 0 aliphatic rings. The summed E-state index contributed by atoms with van der Waals surface area (Å²) < 4.78 is 9.49. The predicted molar refractivity (Wildman–Crippen MR) is 45.9 cm³/mol. The highest BCUT2D eigenvalue weighted by molar-refractivity contribution is 5.71. The average molecular weight is 198 g/mol. The van der Waals surface area contributed by atoms with Gasteiger partial charge in [-0.25, -0.2) is 5.10 Å². The van der Waals surface area contributed by atoms with Crippen molar-refractivity contribution in [2.45, 2.75) is 20.8 Å². The Morgan fingerprint density at radius 3 is 2.29 bits per heavy atom. The van der Waals surface area contributed by atoms with E-state index in [2.05, 4.69) is 10.2 Å². The monoisotopic (exact) mass is 198 g/mol. The summed E-state index contributed by atoms with van der Waals surface area (Å²) in [6.45, 7) is 4.16. The van der Waals surface area contributed by atoms with E-state index in [1.807, 2.05) is 0 Å². The van der Waals surface area contributed by atoms with Crippen LogP contribution in [0.15, 0.2) is 0 Å². The smallest absolute Gasteiger partial charge is 0.309 e. The summed E-state index contributed by atoms with van der Waals surface area (Å²) in [5.74, 6) is -0.636. The van der Waals surface area contributed by atoms with E-state index in [0.29, 0.717) is 5.56 Å². The zero-order valence-corrected chi connectivity index (χ0v) is 8.08. The summed E-state index contributed by atoms with van der Waals surface area (Å²) in [6, 6.07) is 0. The molecule has 1 aromatic rings. The van der Waals surface area contributed by atoms with E-state index < -0.39 is 11.9 Å². The van der Waals surface area contributed by atoms with E-state index in [1.165, 1.54) is 13.8 Å². The van der Waals surface area contributed by atoms with E-state index >= 15 is 0 Å². The lowest BCUT2D eigenvalue weighted by Gasteiger charge is -1.98. The quantitative estimate of drug-likeness (QED) is 0.702. The number of ether oxygens (including phenoxy) is 2. The summed E-state index contributed by atoms with van der Waals surface area (Å²) in [7, 11) is 0. The molecule has 0 radical (unpaired) electrons. The number of hydrogen-bond donors (Lipinski definition) is 1. The second-order valence-corrected chi connectivity index (χ2v) is 2.67. The maximum atomic E-state index is 10.6. The van der Waals surface area contributed by atoms with E-state index in [0.717, 1.165) is 0 Å². The van der Waals surface area contributed by atoms with Crippen LogP contribution in [0.3, 0.4) is 0 Å². The minimum Gasteiger partial charge on any atom is -0.408 e. The number of aromatic amines is 1. The van der Waals surface area contributed by atoms with Gasteiger partial charge in [0.25, 0.3) is 0 Å². The van der Waals surface area contributed by atoms with E-state index in [4.69, 9.17) is 9.47 Å². The van der Waals surface area contributed by atoms with Crippen LogP contribution >= 0.6 is 0 Å². The zero-order valence-electron chi connectivity index (χ0n) is 8.08. The molecule has 0 amide bonds. The molecule has 0 aromatic carbocycles. The molecule has 14 heavy (non-hydrogen) atoms. The Morgan fingerprint density at radius 2 is 1.79 bits per heavy atom. The largest absolute Gasteiger partial charge is 0.408 e. The minimum absolute atomic E-state index is 0.119. The Bertz CT molecular complexity index is 336. The number of nitrogens with zero attached hydrogens (tertiary/aromatic N) is 1. The predicted octanol–water partition coefficient (Wildman–Crippen LogP) is 0.569. The number of aromatic nitrogens is 2. The van der Waals surface area contributed by atoms with Crippen LogP contribution in [0.4, 0.5) is 0 Å². The molecule has 0 unspecified atom stereocenters. The zero-order chi connectivity index (χ0) is 10.7. The molecular formula is C8H10N2O4. The minimum atomic E-state index is -0.478. The van der Waals surface area contributed by atoms with Crippen molar-refractivity contribution < 1.29 is 19.1 Å². The molecule has 76 valence electrons. The van der Waals surface area contributed by atoms with Crippen LogP contribution in [0.25, 0.3) is 0 Å². The molecule has 6 nitrogen and oxygen atoms in total. The van der Waals surface area contributed by atoms with Crippen LogP contribution in [0.5, 0.6) is 11.8 Å². The van der Waals surface area contributed by atoms with Gasteiger partial charge in [-0.3, -0.25) is 9.59 Å². The van der Waals surface area contributed by atoms with Crippen molar-refractivity contribution in [1.82, 2.24) is 10.2 Å². The van der Waals surface area contributed by atoms with Gasteiger partial charge < -0.3 is 9.47 Å². The molecule has 6 heteroatoms. The molecule has 0 saturated carbocycles. The fourth-order valence-electron chi connectivity index (χ4n) is 0.845. The van der Waals surface area contributed by atoms with Gasteiger partial charge in [-0.05, 0) is 6.92 Å². The number of esters is 2. The van der Waals surface area contributed by atoms with Gasteiger partial charge in [0, 0.05) is 13.8 Å². The molecular weight excluding hydrogens is 188 g/mol. The Labute approximate surface area is 80.2 Å². The first-order valence-corrected chi connectivity index (χ1v) is 3.92. The van der Waals surface area contributed by atoms with E-state index in [1.54, 1.807) is 6.92 Å². The van der Waals surface area contributed by atoms with Gasteiger partial charge in [0.2, 0.25) is 11.8 Å². The SMILES string of the molecule is CC(=O)Oc1n[nH]c(OC(C)=O)c1C. The van der Waals surface area contributed by atoms with Gasteiger partial charge in [-0.2, -0.15) is 0 Å². The number of carbonyl (C=O) groups excluding carboxylic acids is 2. The molecule has 1 aromatic heterocycles. The summed E-state index contributed by atoms with van der Waals surface area (Å²) in [6.07, 6.45) is 0. The summed E-state index contributed by atoms with van der Waals surface area (Å²) >= 11 is 0. The van der Waals surface area contributed by atoms with Crippen LogP contribution in [-0.4, -0.2) is 22.1 Å².